The van der Waals surface area contributed by atoms with Crippen LogP contribution in [0.3, 0.4) is 0 Å². The van der Waals surface area contributed by atoms with Gasteiger partial charge in [0.15, 0.2) is 0 Å². The molecule has 4 nitrogen and oxygen atoms in total. The highest BCUT2D eigenvalue weighted by molar-refractivity contribution is 7.89. The maximum Gasteiger partial charge on any atom is 0.243 e. The van der Waals surface area contributed by atoms with E-state index in [1.165, 1.54) is 6.07 Å². The van der Waals surface area contributed by atoms with Crippen molar-refractivity contribution in [2.75, 3.05) is 13.1 Å². The molecule has 1 fully saturated rings. The number of piperidine rings is 1. The number of hydrogen-bond donors (Lipinski definition) is 1. The third kappa shape index (κ3) is 3.17. The number of halogens is 1. The molecule has 1 aliphatic rings. The average molecular weight is 317 g/mol. The van der Waals surface area contributed by atoms with Gasteiger partial charge in [-0.25, -0.2) is 8.42 Å². The van der Waals surface area contributed by atoms with Gasteiger partial charge in [0.2, 0.25) is 10.0 Å². The second-order valence-corrected chi connectivity index (χ2v) is 7.85. The van der Waals surface area contributed by atoms with Crippen molar-refractivity contribution in [3.8, 4) is 0 Å². The molecule has 0 saturated carbocycles. The molecular weight excluding hydrogens is 296 g/mol. The van der Waals surface area contributed by atoms with E-state index in [4.69, 9.17) is 17.3 Å². The van der Waals surface area contributed by atoms with Crippen LogP contribution in [0, 0.1) is 12.8 Å². The third-order valence-corrected chi connectivity index (χ3v) is 6.29. The van der Waals surface area contributed by atoms with Crippen LogP contribution in [0.5, 0.6) is 0 Å². The molecular formula is C14H21ClN2O2S. The van der Waals surface area contributed by atoms with E-state index in [0.29, 0.717) is 28.9 Å². The van der Waals surface area contributed by atoms with E-state index in [-0.39, 0.29) is 6.04 Å². The van der Waals surface area contributed by atoms with Crippen LogP contribution in [-0.2, 0) is 10.0 Å². The first-order valence-corrected chi connectivity index (χ1v) is 8.66. The number of hydrogen-bond acceptors (Lipinski definition) is 3. The zero-order valence-corrected chi connectivity index (χ0v) is 13.4. The summed E-state index contributed by atoms with van der Waals surface area (Å²) in [5, 5.41) is 0.444. The zero-order chi connectivity index (χ0) is 14.9. The van der Waals surface area contributed by atoms with E-state index in [9.17, 15) is 8.42 Å². The molecule has 1 aromatic rings. The van der Waals surface area contributed by atoms with E-state index < -0.39 is 10.0 Å². The monoisotopic (exact) mass is 316 g/mol. The molecule has 1 aliphatic heterocycles. The number of nitrogens with zero attached hydrogens (tertiary/aromatic N) is 1. The second kappa shape index (κ2) is 6.02. The minimum absolute atomic E-state index is 0.118. The summed E-state index contributed by atoms with van der Waals surface area (Å²) in [5.74, 6) is 0.405. The fourth-order valence-electron chi connectivity index (χ4n) is 2.63. The Morgan fingerprint density at radius 1 is 1.35 bits per heavy atom. The van der Waals surface area contributed by atoms with Gasteiger partial charge in [-0.15, -0.1) is 0 Å². The summed E-state index contributed by atoms with van der Waals surface area (Å²) in [4.78, 5) is 0.309. The molecule has 2 N–H and O–H groups in total. The van der Waals surface area contributed by atoms with Crippen LogP contribution in [0.4, 0.5) is 0 Å². The number of benzene rings is 1. The first kappa shape index (κ1) is 15.8. The third-order valence-electron chi connectivity index (χ3n) is 4.01. The molecule has 2 rings (SSSR count). The van der Waals surface area contributed by atoms with Crippen molar-refractivity contribution in [3.63, 3.8) is 0 Å². The lowest BCUT2D eigenvalue weighted by Crippen LogP contribution is -2.42. The predicted molar refractivity (Wildman–Crippen MR) is 81.3 cm³/mol. The van der Waals surface area contributed by atoms with Crippen molar-refractivity contribution in [3.05, 3.63) is 28.8 Å². The minimum atomic E-state index is -3.46. The Morgan fingerprint density at radius 2 is 1.95 bits per heavy atom. The standard InChI is InChI=1S/C14H21ClN2O2S/c1-10-3-4-13(15)9-14(10)20(18,19)17-7-5-12(6-8-17)11(2)16/h3-4,9,11-12H,5-8,16H2,1-2H3. The number of nitrogens with two attached hydrogens (primary N) is 1. The Kier molecular flexibility index (Phi) is 4.74. The van der Waals surface area contributed by atoms with Gasteiger partial charge in [-0.2, -0.15) is 4.31 Å². The molecule has 0 amide bonds. The van der Waals surface area contributed by atoms with E-state index in [0.717, 1.165) is 18.4 Å². The second-order valence-electron chi connectivity index (χ2n) is 5.51. The van der Waals surface area contributed by atoms with Crippen molar-refractivity contribution in [2.24, 2.45) is 11.7 Å². The van der Waals surface area contributed by atoms with Crippen molar-refractivity contribution in [1.82, 2.24) is 4.31 Å². The molecule has 1 saturated heterocycles. The molecule has 0 radical (unpaired) electrons. The highest BCUT2D eigenvalue weighted by atomic mass is 35.5. The van der Waals surface area contributed by atoms with E-state index >= 15 is 0 Å². The number of rotatable bonds is 3. The molecule has 112 valence electrons. The molecule has 1 heterocycles. The van der Waals surface area contributed by atoms with Crippen molar-refractivity contribution in [1.29, 1.82) is 0 Å². The molecule has 1 aromatic carbocycles. The Bertz CT molecular complexity index is 579. The van der Waals surface area contributed by atoms with E-state index in [1.54, 1.807) is 23.4 Å². The molecule has 0 bridgehead atoms. The molecule has 6 heteroatoms. The molecule has 0 aliphatic carbocycles. The van der Waals surface area contributed by atoms with Crippen LogP contribution in [0.15, 0.2) is 23.1 Å². The van der Waals surface area contributed by atoms with Crippen LogP contribution in [0.2, 0.25) is 5.02 Å². The minimum Gasteiger partial charge on any atom is -0.328 e. The number of sulfonamides is 1. The summed E-state index contributed by atoms with van der Waals surface area (Å²) in [6.45, 7) is 4.83. The van der Waals surface area contributed by atoms with E-state index in [2.05, 4.69) is 0 Å². The van der Waals surface area contributed by atoms with Crippen LogP contribution in [-0.4, -0.2) is 31.9 Å². The smallest absolute Gasteiger partial charge is 0.243 e. The molecule has 20 heavy (non-hydrogen) atoms. The Balaban J connectivity index is 2.22. The summed E-state index contributed by atoms with van der Waals surface area (Å²) in [7, 11) is -3.46. The molecule has 1 atom stereocenters. The zero-order valence-electron chi connectivity index (χ0n) is 11.8. The fraction of sp³-hybridized carbons (Fsp3) is 0.571. The van der Waals surface area contributed by atoms with Crippen molar-refractivity contribution >= 4 is 21.6 Å². The fourth-order valence-corrected chi connectivity index (χ4v) is 4.59. The van der Waals surface area contributed by atoms with Gasteiger partial charge in [0.25, 0.3) is 0 Å². The van der Waals surface area contributed by atoms with Gasteiger partial charge in [0.1, 0.15) is 0 Å². The predicted octanol–water partition coefficient (Wildman–Crippen LogP) is 2.40. The van der Waals surface area contributed by atoms with E-state index in [1.807, 2.05) is 6.92 Å². The van der Waals surface area contributed by atoms with Crippen molar-refractivity contribution < 1.29 is 8.42 Å². The Labute approximate surface area is 126 Å². The lowest BCUT2D eigenvalue weighted by atomic mass is 9.92. The van der Waals surface area contributed by atoms with Gasteiger partial charge in [-0.05, 0) is 50.3 Å². The quantitative estimate of drug-likeness (QED) is 0.931. The normalized spacial score (nSPS) is 20.0. The maximum atomic E-state index is 12.7. The summed E-state index contributed by atoms with van der Waals surface area (Å²) in [6.07, 6.45) is 1.63. The highest BCUT2D eigenvalue weighted by Gasteiger charge is 2.31. The first-order chi connectivity index (χ1) is 9.32. The van der Waals surface area contributed by atoms with Crippen LogP contribution in [0.1, 0.15) is 25.3 Å². The Hall–Kier alpha value is -0.620. The molecule has 0 spiro atoms. The van der Waals surface area contributed by atoms with Crippen molar-refractivity contribution in [2.45, 2.75) is 37.6 Å². The number of aryl methyl sites for hydroxylation is 1. The van der Waals surface area contributed by atoms with Gasteiger partial charge in [0, 0.05) is 24.2 Å². The van der Waals surface area contributed by atoms with Crippen LogP contribution >= 0.6 is 11.6 Å². The van der Waals surface area contributed by atoms with Crippen LogP contribution in [0.25, 0.3) is 0 Å². The average Bonchev–Trinajstić information content (AvgIpc) is 2.41. The summed E-state index contributed by atoms with van der Waals surface area (Å²) in [5.41, 5.74) is 6.62. The lowest BCUT2D eigenvalue weighted by Gasteiger charge is -2.33. The first-order valence-electron chi connectivity index (χ1n) is 6.84. The maximum absolute atomic E-state index is 12.7. The lowest BCUT2D eigenvalue weighted by molar-refractivity contribution is 0.250. The molecule has 1 unspecified atom stereocenters. The largest absolute Gasteiger partial charge is 0.328 e. The van der Waals surface area contributed by atoms with Gasteiger partial charge in [-0.3, -0.25) is 0 Å². The SMILES string of the molecule is Cc1ccc(Cl)cc1S(=O)(=O)N1CCC(C(C)N)CC1. The highest BCUT2D eigenvalue weighted by Crippen LogP contribution is 2.28. The van der Waals surface area contributed by atoms with Gasteiger partial charge >= 0.3 is 0 Å². The van der Waals surface area contributed by atoms with Gasteiger partial charge in [-0.1, -0.05) is 17.7 Å². The van der Waals surface area contributed by atoms with Gasteiger partial charge in [0.05, 0.1) is 4.90 Å². The van der Waals surface area contributed by atoms with Gasteiger partial charge < -0.3 is 5.73 Å². The summed E-state index contributed by atoms with van der Waals surface area (Å²) in [6, 6.07) is 5.10. The summed E-state index contributed by atoms with van der Waals surface area (Å²) < 4.78 is 26.9. The summed E-state index contributed by atoms with van der Waals surface area (Å²) >= 11 is 5.93. The Morgan fingerprint density at radius 3 is 2.50 bits per heavy atom. The van der Waals surface area contributed by atoms with Crippen LogP contribution < -0.4 is 5.73 Å². The topological polar surface area (TPSA) is 63.4 Å². The molecule has 0 aromatic heterocycles.